The molecule has 0 fully saturated rings. The molecule has 70 valence electrons. The van der Waals surface area contributed by atoms with Crippen molar-refractivity contribution in [1.29, 1.82) is 0 Å². The van der Waals surface area contributed by atoms with E-state index in [1.54, 1.807) is 0 Å². The lowest BCUT2D eigenvalue weighted by Gasteiger charge is -1.92. The molecular formula is C13H12O. The van der Waals surface area contributed by atoms with Gasteiger partial charge in [-0.2, -0.15) is 0 Å². The molecule has 0 spiro atoms. The molecular weight excluding hydrogens is 172 g/mol. The summed E-state index contributed by atoms with van der Waals surface area (Å²) in [4.78, 5) is 0. The van der Waals surface area contributed by atoms with Crippen LogP contribution in [-0.4, -0.2) is 0 Å². The molecule has 1 aromatic carbocycles. The Bertz CT molecular complexity index is 602. The summed E-state index contributed by atoms with van der Waals surface area (Å²) >= 11 is 0. The van der Waals surface area contributed by atoms with Gasteiger partial charge in [-0.1, -0.05) is 24.3 Å². The number of rotatable bonds is 0. The van der Waals surface area contributed by atoms with Crippen LogP contribution in [0.3, 0.4) is 0 Å². The fraction of sp³-hybridized carbons (Fsp3) is 0.231. The van der Waals surface area contributed by atoms with Gasteiger partial charge in [0.05, 0.1) is 0 Å². The molecule has 3 rings (SSSR count). The number of fused-ring (bicyclic) bond motifs is 3. The summed E-state index contributed by atoms with van der Waals surface area (Å²) in [5, 5.41) is 2.55. The van der Waals surface area contributed by atoms with Crippen molar-refractivity contribution in [1.82, 2.24) is 0 Å². The number of benzene rings is 1. The molecule has 0 radical (unpaired) electrons. The van der Waals surface area contributed by atoms with Crippen LogP contribution in [0.25, 0.3) is 23.1 Å². The van der Waals surface area contributed by atoms with Gasteiger partial charge in [0.25, 0.3) is 0 Å². The molecule has 1 nitrogen and oxygen atoms in total. The van der Waals surface area contributed by atoms with Crippen molar-refractivity contribution < 1.29 is 4.42 Å². The first-order chi connectivity index (χ1) is 6.86. The predicted octanol–water partition coefficient (Wildman–Crippen LogP) is 2.10. The maximum Gasteiger partial charge on any atom is 0.138 e. The lowest BCUT2D eigenvalue weighted by molar-refractivity contribution is 0.569. The van der Waals surface area contributed by atoms with E-state index in [-0.39, 0.29) is 0 Å². The maximum atomic E-state index is 5.83. The van der Waals surface area contributed by atoms with Crippen LogP contribution in [0, 0.1) is 6.92 Å². The second-order valence-corrected chi connectivity index (χ2v) is 3.82. The highest BCUT2D eigenvalue weighted by Crippen LogP contribution is 2.14. The summed E-state index contributed by atoms with van der Waals surface area (Å²) in [5.74, 6) is 0. The van der Waals surface area contributed by atoms with Crippen molar-refractivity contribution >= 4 is 23.1 Å². The molecule has 1 aliphatic rings. The molecule has 1 heteroatoms. The second kappa shape index (κ2) is 2.74. The average molecular weight is 184 g/mol. The highest BCUT2D eigenvalue weighted by atomic mass is 16.3. The molecule has 0 amide bonds. The average Bonchev–Trinajstić information content (AvgIpc) is 2.59. The molecule has 1 heterocycles. The molecule has 14 heavy (non-hydrogen) atoms. The first-order valence-electron chi connectivity index (χ1n) is 5.05. The second-order valence-electron chi connectivity index (χ2n) is 3.82. The van der Waals surface area contributed by atoms with Crippen LogP contribution >= 0.6 is 0 Å². The highest BCUT2D eigenvalue weighted by Gasteiger charge is 2.06. The largest absolute Gasteiger partial charge is 0.456 e. The van der Waals surface area contributed by atoms with E-state index in [0.29, 0.717) is 0 Å². The Balaban J connectivity index is 2.62. The summed E-state index contributed by atoms with van der Waals surface area (Å²) < 4.78 is 5.83. The van der Waals surface area contributed by atoms with Gasteiger partial charge in [-0.05, 0) is 31.4 Å². The summed E-state index contributed by atoms with van der Waals surface area (Å²) in [5.41, 5.74) is 3.33. The van der Waals surface area contributed by atoms with Crippen molar-refractivity contribution in [2.24, 2.45) is 0 Å². The summed E-state index contributed by atoms with van der Waals surface area (Å²) in [6.07, 6.45) is 6.71. The quantitative estimate of drug-likeness (QED) is 0.611. The molecule has 0 N–H and O–H groups in total. The zero-order chi connectivity index (χ0) is 9.54. The summed E-state index contributed by atoms with van der Waals surface area (Å²) in [6, 6.07) is 6.33. The Kier molecular flexibility index (Phi) is 1.54. The van der Waals surface area contributed by atoms with Gasteiger partial charge in [-0.25, -0.2) is 0 Å². The number of furan rings is 1. The SMILES string of the molecule is Cc1cccc2c3c(oc12)=CCCC=3. The Morgan fingerprint density at radius 2 is 2.00 bits per heavy atom. The molecule has 0 atom stereocenters. The van der Waals surface area contributed by atoms with E-state index in [0.717, 1.165) is 23.8 Å². The van der Waals surface area contributed by atoms with Gasteiger partial charge in [-0.3, -0.25) is 0 Å². The third kappa shape index (κ3) is 0.955. The molecule has 2 aromatic rings. The smallest absolute Gasteiger partial charge is 0.138 e. The molecule has 0 saturated heterocycles. The summed E-state index contributed by atoms with van der Waals surface area (Å²) in [7, 11) is 0. The summed E-state index contributed by atoms with van der Waals surface area (Å²) in [6.45, 7) is 2.09. The van der Waals surface area contributed by atoms with Crippen molar-refractivity contribution in [3.8, 4) is 0 Å². The van der Waals surface area contributed by atoms with Gasteiger partial charge >= 0.3 is 0 Å². The van der Waals surface area contributed by atoms with Gasteiger partial charge in [-0.15, -0.1) is 0 Å². The third-order valence-electron chi connectivity index (χ3n) is 2.82. The fourth-order valence-corrected chi connectivity index (χ4v) is 2.10. The van der Waals surface area contributed by atoms with E-state index in [2.05, 4.69) is 37.3 Å². The van der Waals surface area contributed by atoms with Crippen LogP contribution in [0.5, 0.6) is 0 Å². The Labute approximate surface area is 82.3 Å². The van der Waals surface area contributed by atoms with Crippen LogP contribution < -0.4 is 10.6 Å². The van der Waals surface area contributed by atoms with Crippen LogP contribution in [0.1, 0.15) is 18.4 Å². The van der Waals surface area contributed by atoms with Crippen molar-refractivity contribution in [3.63, 3.8) is 0 Å². The van der Waals surface area contributed by atoms with E-state index in [1.165, 1.54) is 16.2 Å². The van der Waals surface area contributed by atoms with Crippen molar-refractivity contribution in [2.45, 2.75) is 19.8 Å². The fourth-order valence-electron chi connectivity index (χ4n) is 2.10. The minimum Gasteiger partial charge on any atom is -0.456 e. The van der Waals surface area contributed by atoms with Crippen LogP contribution in [-0.2, 0) is 0 Å². The van der Waals surface area contributed by atoms with Crippen molar-refractivity contribution in [3.05, 3.63) is 34.4 Å². The highest BCUT2D eigenvalue weighted by molar-refractivity contribution is 5.82. The van der Waals surface area contributed by atoms with E-state index >= 15 is 0 Å². The zero-order valence-electron chi connectivity index (χ0n) is 8.21. The van der Waals surface area contributed by atoms with Gasteiger partial charge < -0.3 is 4.42 Å². The standard InChI is InChI=1S/C13H12O/c1-9-5-4-7-11-10-6-2-3-8-12(10)14-13(9)11/h4-8H,2-3H2,1H3. The first-order valence-corrected chi connectivity index (χ1v) is 5.05. The molecule has 0 unspecified atom stereocenters. The minimum absolute atomic E-state index is 1.05. The Morgan fingerprint density at radius 3 is 2.93 bits per heavy atom. The number of aryl methyl sites for hydroxylation is 1. The normalized spacial score (nSPS) is 14.6. The minimum atomic E-state index is 1.05. The molecule has 0 aliphatic heterocycles. The predicted molar refractivity (Wildman–Crippen MR) is 58.4 cm³/mol. The van der Waals surface area contributed by atoms with Crippen LogP contribution in [0.15, 0.2) is 22.6 Å². The molecule has 1 aliphatic carbocycles. The Morgan fingerprint density at radius 1 is 1.14 bits per heavy atom. The molecule has 0 bridgehead atoms. The monoisotopic (exact) mass is 184 g/mol. The van der Waals surface area contributed by atoms with Gasteiger partial charge in [0, 0.05) is 10.6 Å². The van der Waals surface area contributed by atoms with Crippen LogP contribution in [0.2, 0.25) is 0 Å². The lowest BCUT2D eigenvalue weighted by Crippen LogP contribution is -2.21. The van der Waals surface area contributed by atoms with E-state index in [4.69, 9.17) is 4.42 Å². The number of para-hydroxylation sites is 1. The molecule has 1 aromatic heterocycles. The lowest BCUT2D eigenvalue weighted by atomic mass is 10.1. The van der Waals surface area contributed by atoms with Gasteiger partial charge in [0.2, 0.25) is 0 Å². The zero-order valence-corrected chi connectivity index (χ0v) is 8.21. The first kappa shape index (κ1) is 7.86. The van der Waals surface area contributed by atoms with E-state index in [9.17, 15) is 0 Å². The Hall–Kier alpha value is -1.50. The maximum absolute atomic E-state index is 5.83. The van der Waals surface area contributed by atoms with E-state index in [1.807, 2.05) is 0 Å². The van der Waals surface area contributed by atoms with Gasteiger partial charge in [0.15, 0.2) is 0 Å². The van der Waals surface area contributed by atoms with Crippen LogP contribution in [0.4, 0.5) is 0 Å². The molecule has 0 saturated carbocycles. The number of hydrogen-bond acceptors (Lipinski definition) is 1. The topological polar surface area (TPSA) is 13.1 Å². The van der Waals surface area contributed by atoms with E-state index < -0.39 is 0 Å². The third-order valence-corrected chi connectivity index (χ3v) is 2.82. The van der Waals surface area contributed by atoms with Gasteiger partial charge in [0.1, 0.15) is 11.0 Å². The number of hydrogen-bond donors (Lipinski definition) is 0. The van der Waals surface area contributed by atoms with Crippen molar-refractivity contribution in [2.75, 3.05) is 0 Å².